The van der Waals surface area contributed by atoms with E-state index in [-0.39, 0.29) is 0 Å². The molecule has 0 radical (unpaired) electrons. The molecule has 0 aromatic heterocycles. The normalized spacial score (nSPS) is 10.4. The van der Waals surface area contributed by atoms with Gasteiger partial charge in [-0.25, -0.2) is 9.59 Å². The van der Waals surface area contributed by atoms with Crippen LogP contribution in [-0.4, -0.2) is 24.2 Å². The van der Waals surface area contributed by atoms with Crippen LogP contribution in [0.4, 0.5) is 0 Å². The predicted molar refractivity (Wildman–Crippen MR) is 81.1 cm³/mol. The molecule has 2 aromatic carbocycles. The van der Waals surface area contributed by atoms with Crippen LogP contribution >= 0.6 is 0 Å². The van der Waals surface area contributed by atoms with E-state index in [1.54, 1.807) is 55.6 Å². The molecule has 22 heavy (non-hydrogen) atoms. The first-order valence-electron chi connectivity index (χ1n) is 6.46. The van der Waals surface area contributed by atoms with Gasteiger partial charge in [0.2, 0.25) is 0 Å². The molecule has 0 aliphatic heterocycles. The van der Waals surface area contributed by atoms with E-state index in [2.05, 4.69) is 0 Å². The van der Waals surface area contributed by atoms with Crippen LogP contribution in [0.25, 0.3) is 6.08 Å². The summed E-state index contributed by atoms with van der Waals surface area (Å²) in [5.41, 5.74) is 1.11. The highest BCUT2D eigenvalue weighted by Crippen LogP contribution is 2.17. The first-order chi connectivity index (χ1) is 10.6. The Hall–Kier alpha value is -3.08. The van der Waals surface area contributed by atoms with E-state index < -0.39 is 11.9 Å². The van der Waals surface area contributed by atoms with Crippen molar-refractivity contribution in [3.8, 4) is 11.5 Å². The van der Waals surface area contributed by atoms with Gasteiger partial charge in [-0.05, 0) is 48.0 Å². The van der Waals surface area contributed by atoms with Crippen LogP contribution in [0, 0.1) is 0 Å². The lowest BCUT2D eigenvalue weighted by molar-refractivity contribution is -0.131. The highest BCUT2D eigenvalue weighted by atomic mass is 16.5. The van der Waals surface area contributed by atoms with Gasteiger partial charge < -0.3 is 14.6 Å². The zero-order valence-corrected chi connectivity index (χ0v) is 11.9. The number of carbonyl (C=O) groups excluding carboxylic acids is 1. The summed E-state index contributed by atoms with van der Waals surface area (Å²) in [4.78, 5) is 22.4. The molecule has 0 fully saturated rings. The minimum Gasteiger partial charge on any atom is -0.497 e. The Balaban J connectivity index is 2.03. The third-order valence-corrected chi connectivity index (χ3v) is 2.83. The van der Waals surface area contributed by atoms with Gasteiger partial charge in [-0.3, -0.25) is 0 Å². The highest BCUT2D eigenvalue weighted by molar-refractivity contribution is 5.91. The maximum Gasteiger partial charge on any atom is 0.343 e. The van der Waals surface area contributed by atoms with Crippen LogP contribution in [0.2, 0.25) is 0 Å². The molecule has 5 heteroatoms. The number of esters is 1. The van der Waals surface area contributed by atoms with Crippen molar-refractivity contribution in [3.63, 3.8) is 0 Å². The number of carboxylic acids is 1. The summed E-state index contributed by atoms with van der Waals surface area (Å²) in [6.45, 7) is 0. The van der Waals surface area contributed by atoms with Gasteiger partial charge in [0.15, 0.2) is 0 Å². The maximum absolute atomic E-state index is 12.0. The molecule has 0 saturated heterocycles. The van der Waals surface area contributed by atoms with Crippen LogP contribution in [0.3, 0.4) is 0 Å². The molecule has 1 N–H and O–H groups in total. The molecule has 0 heterocycles. The molecule has 0 saturated carbocycles. The van der Waals surface area contributed by atoms with Crippen molar-refractivity contribution < 1.29 is 24.2 Å². The van der Waals surface area contributed by atoms with Gasteiger partial charge in [0.05, 0.1) is 12.7 Å². The van der Waals surface area contributed by atoms with Gasteiger partial charge in [-0.1, -0.05) is 12.1 Å². The molecular formula is C17H14O5. The molecule has 0 amide bonds. The lowest BCUT2D eigenvalue weighted by atomic mass is 10.2. The molecule has 0 aliphatic rings. The lowest BCUT2D eigenvalue weighted by Gasteiger charge is -2.05. The number of hydrogen-bond donors (Lipinski definition) is 1. The minimum absolute atomic E-state index is 0.383. The fraction of sp³-hybridized carbons (Fsp3) is 0.0588. The number of aliphatic carboxylic acids is 1. The summed E-state index contributed by atoms with van der Waals surface area (Å²) < 4.78 is 10.3. The Morgan fingerprint density at radius 2 is 1.55 bits per heavy atom. The van der Waals surface area contributed by atoms with E-state index in [9.17, 15) is 9.59 Å². The van der Waals surface area contributed by atoms with Crippen molar-refractivity contribution in [2.24, 2.45) is 0 Å². The Labute approximate surface area is 127 Å². The number of ether oxygens (including phenoxy) is 2. The van der Waals surface area contributed by atoms with Crippen LogP contribution < -0.4 is 9.47 Å². The fourth-order valence-corrected chi connectivity index (χ4v) is 1.71. The molecule has 2 rings (SSSR count). The molecule has 0 bridgehead atoms. The van der Waals surface area contributed by atoms with Crippen LogP contribution in [0.1, 0.15) is 15.9 Å². The van der Waals surface area contributed by atoms with Gasteiger partial charge >= 0.3 is 11.9 Å². The molecule has 0 aliphatic carbocycles. The van der Waals surface area contributed by atoms with E-state index >= 15 is 0 Å². The largest absolute Gasteiger partial charge is 0.497 e. The minimum atomic E-state index is -1.02. The first-order valence-corrected chi connectivity index (χ1v) is 6.46. The summed E-state index contributed by atoms with van der Waals surface area (Å²) in [5, 5.41) is 8.55. The SMILES string of the molecule is COc1ccc(C(=O)Oc2ccc(C=CC(=O)O)cc2)cc1. The molecule has 0 spiro atoms. The maximum atomic E-state index is 12.0. The third-order valence-electron chi connectivity index (χ3n) is 2.83. The van der Waals surface area contributed by atoms with Gasteiger partial charge in [0.25, 0.3) is 0 Å². The summed E-state index contributed by atoms with van der Waals surface area (Å²) in [6.07, 6.45) is 2.50. The van der Waals surface area contributed by atoms with Crippen molar-refractivity contribution >= 4 is 18.0 Å². The zero-order valence-electron chi connectivity index (χ0n) is 11.9. The number of carboxylic acid groups (broad SMARTS) is 1. The van der Waals surface area contributed by atoms with Crippen molar-refractivity contribution in [1.82, 2.24) is 0 Å². The summed E-state index contributed by atoms with van der Waals surface area (Å²) in [5.74, 6) is -0.453. The Morgan fingerprint density at radius 3 is 2.09 bits per heavy atom. The van der Waals surface area contributed by atoms with Crippen LogP contribution in [-0.2, 0) is 4.79 Å². The van der Waals surface area contributed by atoms with Crippen molar-refractivity contribution in [2.75, 3.05) is 7.11 Å². The molecule has 0 unspecified atom stereocenters. The van der Waals surface area contributed by atoms with Crippen LogP contribution in [0.5, 0.6) is 11.5 Å². The first kappa shape index (κ1) is 15.3. The molecular weight excluding hydrogens is 284 g/mol. The monoisotopic (exact) mass is 298 g/mol. The molecule has 0 atom stereocenters. The van der Waals surface area contributed by atoms with E-state index in [1.165, 1.54) is 6.08 Å². The van der Waals surface area contributed by atoms with Gasteiger partial charge in [0.1, 0.15) is 11.5 Å². The Bertz CT molecular complexity index is 684. The topological polar surface area (TPSA) is 72.8 Å². The van der Waals surface area contributed by atoms with Crippen molar-refractivity contribution in [1.29, 1.82) is 0 Å². The van der Waals surface area contributed by atoms with Gasteiger partial charge in [-0.2, -0.15) is 0 Å². The quantitative estimate of drug-likeness (QED) is 0.522. The fourth-order valence-electron chi connectivity index (χ4n) is 1.71. The molecule has 112 valence electrons. The van der Waals surface area contributed by atoms with E-state index in [0.29, 0.717) is 22.6 Å². The second-order valence-corrected chi connectivity index (χ2v) is 4.36. The van der Waals surface area contributed by atoms with E-state index in [0.717, 1.165) is 6.08 Å². The average molecular weight is 298 g/mol. The number of methoxy groups -OCH3 is 1. The van der Waals surface area contributed by atoms with Crippen LogP contribution in [0.15, 0.2) is 54.6 Å². The highest BCUT2D eigenvalue weighted by Gasteiger charge is 2.08. The average Bonchev–Trinajstić information content (AvgIpc) is 2.54. The summed E-state index contributed by atoms with van der Waals surface area (Å²) >= 11 is 0. The van der Waals surface area contributed by atoms with Gasteiger partial charge in [-0.15, -0.1) is 0 Å². The van der Waals surface area contributed by atoms with E-state index in [1.807, 2.05) is 0 Å². The molecule has 2 aromatic rings. The number of rotatable bonds is 5. The number of benzene rings is 2. The Kier molecular flexibility index (Phi) is 4.93. The Morgan fingerprint density at radius 1 is 0.955 bits per heavy atom. The molecule has 5 nitrogen and oxygen atoms in total. The second kappa shape index (κ2) is 7.08. The number of hydrogen-bond acceptors (Lipinski definition) is 4. The lowest BCUT2D eigenvalue weighted by Crippen LogP contribution is -2.08. The third kappa shape index (κ3) is 4.21. The second-order valence-electron chi connectivity index (χ2n) is 4.36. The van der Waals surface area contributed by atoms with Crippen molar-refractivity contribution in [3.05, 3.63) is 65.7 Å². The van der Waals surface area contributed by atoms with E-state index in [4.69, 9.17) is 14.6 Å². The van der Waals surface area contributed by atoms with Crippen molar-refractivity contribution in [2.45, 2.75) is 0 Å². The number of carbonyl (C=O) groups is 2. The predicted octanol–water partition coefficient (Wildman–Crippen LogP) is 3.01. The zero-order chi connectivity index (χ0) is 15.9. The van der Waals surface area contributed by atoms with Gasteiger partial charge in [0, 0.05) is 6.08 Å². The summed E-state index contributed by atoms with van der Waals surface area (Å²) in [7, 11) is 1.55. The summed E-state index contributed by atoms with van der Waals surface area (Å²) in [6, 6.07) is 13.1. The smallest absolute Gasteiger partial charge is 0.343 e. The standard InChI is InChI=1S/C17H14O5/c1-21-14-9-5-13(6-10-14)17(20)22-15-7-2-12(3-8-15)4-11-16(18)19/h2-11H,1H3,(H,18,19).